The molecule has 0 atom stereocenters. The summed E-state index contributed by atoms with van der Waals surface area (Å²) in [6, 6.07) is 0. The lowest BCUT2D eigenvalue weighted by Gasteiger charge is -2.36. The predicted octanol–water partition coefficient (Wildman–Crippen LogP) is 3.90. The van der Waals surface area contributed by atoms with Crippen molar-refractivity contribution in [3.05, 3.63) is 0 Å². The molecule has 6 nitrogen and oxygen atoms in total. The van der Waals surface area contributed by atoms with Crippen molar-refractivity contribution >= 4 is 36.0 Å². The minimum Gasteiger partial charge on any atom is -0.444 e. The molecular formula is C19H38FIN4O2. The molecule has 0 radical (unpaired) electrons. The van der Waals surface area contributed by atoms with Crippen molar-refractivity contribution < 1.29 is 13.9 Å². The van der Waals surface area contributed by atoms with E-state index in [1.807, 2.05) is 34.6 Å². The Hall–Kier alpha value is -0.800. The van der Waals surface area contributed by atoms with Gasteiger partial charge >= 0.3 is 6.09 Å². The fourth-order valence-electron chi connectivity index (χ4n) is 2.97. The van der Waals surface area contributed by atoms with Gasteiger partial charge in [0.25, 0.3) is 0 Å². The summed E-state index contributed by atoms with van der Waals surface area (Å²) in [4.78, 5) is 20.8. The Morgan fingerprint density at radius 2 is 1.93 bits per heavy atom. The summed E-state index contributed by atoms with van der Waals surface area (Å²) < 4.78 is 17.8. The lowest BCUT2D eigenvalue weighted by atomic mass is 9.96. The van der Waals surface area contributed by atoms with Crippen LogP contribution in [0.15, 0.2) is 4.99 Å². The fraction of sp³-hybridized carbons (Fsp3) is 0.895. The van der Waals surface area contributed by atoms with Gasteiger partial charge in [-0.15, -0.1) is 24.0 Å². The predicted molar refractivity (Wildman–Crippen MR) is 120 cm³/mol. The van der Waals surface area contributed by atoms with Crippen molar-refractivity contribution in [3.63, 3.8) is 0 Å². The molecule has 0 unspecified atom stereocenters. The maximum absolute atomic E-state index is 12.3. The van der Waals surface area contributed by atoms with Gasteiger partial charge in [-0.2, -0.15) is 0 Å². The molecule has 8 heteroatoms. The van der Waals surface area contributed by atoms with Crippen LogP contribution in [0.25, 0.3) is 0 Å². The van der Waals surface area contributed by atoms with E-state index in [-0.39, 0.29) is 36.7 Å². The van der Waals surface area contributed by atoms with Gasteiger partial charge in [0.2, 0.25) is 0 Å². The number of alkyl halides is 1. The van der Waals surface area contributed by atoms with E-state index >= 15 is 0 Å². The Labute approximate surface area is 181 Å². The third-order valence-corrected chi connectivity index (χ3v) is 4.31. The average molecular weight is 500 g/mol. The Morgan fingerprint density at radius 1 is 1.30 bits per heavy atom. The summed E-state index contributed by atoms with van der Waals surface area (Å²) in [5, 5.41) is 3.29. The molecule has 1 amide bonds. The zero-order valence-corrected chi connectivity index (χ0v) is 19.9. The van der Waals surface area contributed by atoms with Gasteiger partial charge in [0.05, 0.1) is 6.67 Å². The number of guanidine groups is 1. The molecule has 160 valence electrons. The number of hydrogen-bond donors (Lipinski definition) is 1. The minimum absolute atomic E-state index is 0. The zero-order valence-electron chi connectivity index (χ0n) is 17.6. The number of nitrogens with zero attached hydrogens (tertiary/aromatic N) is 3. The molecule has 1 saturated heterocycles. The van der Waals surface area contributed by atoms with Crippen molar-refractivity contribution in [1.82, 2.24) is 15.1 Å². The Bertz CT molecular complexity index is 449. The topological polar surface area (TPSA) is 57.2 Å². The number of rotatable bonds is 7. The van der Waals surface area contributed by atoms with Crippen LogP contribution in [0.3, 0.4) is 0 Å². The first kappa shape index (κ1) is 26.2. The summed E-state index contributed by atoms with van der Waals surface area (Å²) >= 11 is 0. The first-order valence-electron chi connectivity index (χ1n) is 9.87. The van der Waals surface area contributed by atoms with Crippen molar-refractivity contribution in [2.24, 2.45) is 10.9 Å². The van der Waals surface area contributed by atoms with Crippen LogP contribution in [0.2, 0.25) is 0 Å². The first-order chi connectivity index (χ1) is 12.3. The second-order valence-electron chi connectivity index (χ2n) is 7.73. The standard InChI is InChI=1S/C19H37FN4O2.HI/c1-6-21-17(22-12-8-11-20)24-13-9-16(10-14-24)15-23(7-2)18(25)26-19(3,4)5;/h16H,6-15H2,1-5H3,(H,21,22);1H. The minimum atomic E-state index is -0.468. The molecule has 1 aliphatic heterocycles. The number of likely N-dealkylation sites (tertiary alicyclic amines) is 1. The van der Waals surface area contributed by atoms with Crippen molar-refractivity contribution in [2.45, 2.75) is 59.5 Å². The second kappa shape index (κ2) is 13.4. The third-order valence-electron chi connectivity index (χ3n) is 4.31. The van der Waals surface area contributed by atoms with E-state index in [0.29, 0.717) is 25.4 Å². The number of carbonyl (C=O) groups excluding carboxylic acids is 1. The van der Waals surface area contributed by atoms with E-state index in [4.69, 9.17) is 4.74 Å². The number of carbonyl (C=O) groups is 1. The van der Waals surface area contributed by atoms with Crippen molar-refractivity contribution in [3.8, 4) is 0 Å². The molecular weight excluding hydrogens is 462 g/mol. The normalized spacial score (nSPS) is 15.9. The third kappa shape index (κ3) is 10.4. The Morgan fingerprint density at radius 3 is 2.41 bits per heavy atom. The van der Waals surface area contributed by atoms with E-state index in [2.05, 4.69) is 15.2 Å². The molecule has 0 aromatic heterocycles. The Kier molecular flexibility index (Phi) is 13.0. The maximum atomic E-state index is 12.3. The van der Waals surface area contributed by atoms with Crippen LogP contribution in [0.4, 0.5) is 9.18 Å². The van der Waals surface area contributed by atoms with Crippen LogP contribution in [0.1, 0.15) is 53.9 Å². The second-order valence-corrected chi connectivity index (χ2v) is 7.73. The monoisotopic (exact) mass is 500 g/mol. The van der Waals surface area contributed by atoms with Gasteiger partial charge in [-0.05, 0) is 59.8 Å². The molecule has 1 heterocycles. The molecule has 1 N–H and O–H groups in total. The van der Waals surface area contributed by atoms with Gasteiger partial charge in [0.15, 0.2) is 5.96 Å². The van der Waals surface area contributed by atoms with E-state index in [0.717, 1.165) is 45.0 Å². The highest BCUT2D eigenvalue weighted by Gasteiger charge is 2.27. The summed E-state index contributed by atoms with van der Waals surface area (Å²) in [6.45, 7) is 13.9. The number of piperidine rings is 1. The molecule has 0 aromatic carbocycles. The zero-order chi connectivity index (χ0) is 19.6. The van der Waals surface area contributed by atoms with Crippen LogP contribution in [0.5, 0.6) is 0 Å². The molecule has 0 aliphatic carbocycles. The van der Waals surface area contributed by atoms with Crippen LogP contribution in [-0.4, -0.2) is 73.4 Å². The van der Waals surface area contributed by atoms with E-state index in [9.17, 15) is 9.18 Å². The van der Waals surface area contributed by atoms with Gasteiger partial charge in [-0.1, -0.05) is 0 Å². The van der Waals surface area contributed by atoms with E-state index in [1.54, 1.807) is 4.90 Å². The van der Waals surface area contributed by atoms with Gasteiger partial charge < -0.3 is 19.9 Å². The van der Waals surface area contributed by atoms with Crippen LogP contribution < -0.4 is 5.32 Å². The van der Waals surface area contributed by atoms with Crippen LogP contribution >= 0.6 is 24.0 Å². The maximum Gasteiger partial charge on any atom is 0.410 e. The van der Waals surface area contributed by atoms with E-state index in [1.165, 1.54) is 0 Å². The molecule has 1 aliphatic rings. The van der Waals surface area contributed by atoms with Crippen LogP contribution in [-0.2, 0) is 4.74 Å². The van der Waals surface area contributed by atoms with Gasteiger partial charge in [-0.3, -0.25) is 9.38 Å². The van der Waals surface area contributed by atoms with Crippen LogP contribution in [0, 0.1) is 5.92 Å². The average Bonchev–Trinajstić information content (AvgIpc) is 2.58. The quantitative estimate of drug-likeness (QED) is 0.250. The smallest absolute Gasteiger partial charge is 0.410 e. The number of aliphatic imine (C=N–C) groups is 1. The van der Waals surface area contributed by atoms with Gasteiger partial charge in [-0.25, -0.2) is 4.79 Å². The molecule has 27 heavy (non-hydrogen) atoms. The lowest BCUT2D eigenvalue weighted by Crippen LogP contribution is -2.48. The highest BCUT2D eigenvalue weighted by atomic mass is 127. The van der Waals surface area contributed by atoms with Crippen molar-refractivity contribution in [2.75, 3.05) is 45.9 Å². The van der Waals surface area contributed by atoms with Crippen molar-refractivity contribution in [1.29, 1.82) is 0 Å². The van der Waals surface area contributed by atoms with Gasteiger partial charge in [0.1, 0.15) is 5.60 Å². The lowest BCUT2D eigenvalue weighted by molar-refractivity contribution is 0.0214. The highest BCUT2D eigenvalue weighted by molar-refractivity contribution is 14.0. The van der Waals surface area contributed by atoms with Gasteiger partial charge in [0, 0.05) is 39.3 Å². The molecule has 0 spiro atoms. The van der Waals surface area contributed by atoms with E-state index < -0.39 is 5.60 Å². The number of ether oxygens (including phenoxy) is 1. The summed E-state index contributed by atoms with van der Waals surface area (Å²) in [6.07, 6.45) is 2.25. The number of hydrogen-bond acceptors (Lipinski definition) is 3. The SMILES string of the molecule is CCNC(=NCCCF)N1CCC(CN(CC)C(=O)OC(C)(C)C)CC1.I. The fourth-order valence-corrected chi connectivity index (χ4v) is 2.97. The molecule has 0 bridgehead atoms. The summed E-state index contributed by atoms with van der Waals surface area (Å²) in [7, 11) is 0. The number of nitrogens with one attached hydrogen (secondary N) is 1. The number of halogens is 2. The molecule has 0 aromatic rings. The molecule has 1 fully saturated rings. The first-order valence-corrected chi connectivity index (χ1v) is 9.87. The molecule has 0 saturated carbocycles. The Balaban J connectivity index is 0.00000676. The highest BCUT2D eigenvalue weighted by Crippen LogP contribution is 2.20. The summed E-state index contributed by atoms with van der Waals surface area (Å²) in [5.41, 5.74) is -0.468. The summed E-state index contributed by atoms with van der Waals surface area (Å²) in [5.74, 6) is 1.34. The number of amides is 1. The largest absolute Gasteiger partial charge is 0.444 e. The molecule has 1 rings (SSSR count).